The Bertz CT molecular complexity index is 2180. The lowest BCUT2D eigenvalue weighted by Gasteiger charge is -2.44. The zero-order chi connectivity index (χ0) is 46.5. The van der Waals surface area contributed by atoms with Crippen LogP contribution in [0.3, 0.4) is 0 Å². The van der Waals surface area contributed by atoms with E-state index in [0.717, 1.165) is 5.75 Å². The Morgan fingerprint density at radius 1 is 0.426 bits per heavy atom. The van der Waals surface area contributed by atoms with E-state index in [4.69, 9.17) is 4.74 Å². The van der Waals surface area contributed by atoms with Crippen LogP contribution in [0.2, 0.25) is 0 Å². The molecule has 0 saturated heterocycles. The summed E-state index contributed by atoms with van der Waals surface area (Å²) in [4.78, 5) is 11.6. The van der Waals surface area contributed by atoms with Gasteiger partial charge in [-0.05, 0) is 36.9 Å². The number of carbonyl (C=O) groups is 1. The molecule has 0 atom stereocenters. The molecule has 0 saturated carbocycles. The summed E-state index contributed by atoms with van der Waals surface area (Å²) in [5, 5.41) is 0. The van der Waals surface area contributed by atoms with Crippen LogP contribution in [0.15, 0.2) is 24.3 Å². The second-order valence-corrected chi connectivity index (χ2v) is 15.3. The molecular formula is C37H19BF20O2S. The molecular weight excluding hydrogens is 899 g/mol. The van der Waals surface area contributed by atoms with E-state index in [1.807, 2.05) is 38.1 Å². The van der Waals surface area contributed by atoms with Gasteiger partial charge in [-0.3, -0.25) is 0 Å². The highest BCUT2D eigenvalue weighted by atomic mass is 32.2. The molecule has 0 heterocycles. The third-order valence-corrected chi connectivity index (χ3v) is 9.61. The fourth-order valence-electron chi connectivity index (χ4n) is 6.23. The van der Waals surface area contributed by atoms with E-state index in [1.165, 1.54) is 5.56 Å². The molecule has 0 N–H and O–H groups in total. The Morgan fingerprint density at radius 3 is 0.836 bits per heavy atom. The summed E-state index contributed by atoms with van der Waals surface area (Å²) in [6, 6.07) is 7.69. The second-order valence-electron chi connectivity index (χ2n) is 13.1. The summed E-state index contributed by atoms with van der Waals surface area (Å²) in [5.74, 6) is -70.6. The standard InChI is InChI=1S/C24BF20.C13H19O2S/c26-5-1(6(27)14(35)21(42)13(5)34)25(2-7(28)15(36)22(43)16(37)8(2)29,3-9(30)17(38)23(44)18(39)10(3)31)4-11(32)19(40)24(45)20(41)12(4)33;1-10(2)15-13(14)12-7-5-11(6-8-12)9-16(3)4/h;5-8,10H,9H2,1-4H3/q-1;+1. The van der Waals surface area contributed by atoms with Crippen LogP contribution >= 0.6 is 0 Å². The average molecular weight is 918 g/mol. The van der Waals surface area contributed by atoms with Crippen molar-refractivity contribution in [2.75, 3.05) is 12.5 Å². The van der Waals surface area contributed by atoms with Crippen LogP contribution in [0.5, 0.6) is 0 Å². The molecule has 0 bridgehead atoms. The fraction of sp³-hybridized carbons (Fsp3) is 0.162. The Hall–Kier alpha value is -5.42. The Kier molecular flexibility index (Phi) is 14.2. The molecule has 328 valence electrons. The monoisotopic (exact) mass is 918 g/mol. The molecule has 2 nitrogen and oxygen atoms in total. The first-order valence-corrected chi connectivity index (χ1v) is 18.5. The van der Waals surface area contributed by atoms with E-state index in [2.05, 4.69) is 12.5 Å². The first kappa shape index (κ1) is 48.3. The van der Waals surface area contributed by atoms with Gasteiger partial charge in [-0.2, -0.15) is 0 Å². The molecule has 0 spiro atoms. The van der Waals surface area contributed by atoms with E-state index >= 15 is 35.1 Å². The number of halogens is 20. The Labute approximate surface area is 332 Å². The van der Waals surface area contributed by atoms with Crippen molar-refractivity contribution in [2.45, 2.75) is 25.7 Å². The quantitative estimate of drug-likeness (QED) is 0.0391. The highest BCUT2D eigenvalue weighted by molar-refractivity contribution is 7.94. The lowest BCUT2D eigenvalue weighted by Crippen LogP contribution is -2.81. The third kappa shape index (κ3) is 8.09. The van der Waals surface area contributed by atoms with Crippen LogP contribution in [0, 0.1) is 116 Å². The molecule has 61 heavy (non-hydrogen) atoms. The van der Waals surface area contributed by atoms with Crippen molar-refractivity contribution < 1.29 is 97.3 Å². The van der Waals surface area contributed by atoms with Gasteiger partial charge in [0.2, 0.25) is 0 Å². The van der Waals surface area contributed by atoms with Gasteiger partial charge in [0.05, 0.1) is 24.2 Å². The number of ether oxygens (including phenoxy) is 1. The molecule has 0 aliphatic heterocycles. The molecule has 0 unspecified atom stereocenters. The minimum absolute atomic E-state index is 0.0654. The number of hydrogen-bond acceptors (Lipinski definition) is 2. The number of benzene rings is 5. The number of esters is 1. The summed E-state index contributed by atoms with van der Waals surface area (Å²) >= 11 is 0. The van der Waals surface area contributed by atoms with Crippen molar-refractivity contribution >= 4 is 44.9 Å². The van der Waals surface area contributed by atoms with Crippen LogP contribution in [0.4, 0.5) is 87.8 Å². The summed E-state index contributed by atoms with van der Waals surface area (Å²) < 4.78 is 299. The smallest absolute Gasteiger partial charge is 0.338 e. The van der Waals surface area contributed by atoms with Gasteiger partial charge in [0.1, 0.15) is 58.4 Å². The van der Waals surface area contributed by atoms with Gasteiger partial charge in [0, 0.05) is 5.56 Å². The molecule has 5 aromatic carbocycles. The zero-order valence-corrected chi connectivity index (χ0v) is 31.3. The van der Waals surface area contributed by atoms with Gasteiger partial charge in [0.15, 0.2) is 69.8 Å². The first-order chi connectivity index (χ1) is 28.2. The number of rotatable bonds is 8. The molecule has 5 rings (SSSR count). The van der Waals surface area contributed by atoms with Crippen molar-refractivity contribution in [3.63, 3.8) is 0 Å². The predicted octanol–water partition coefficient (Wildman–Crippen LogP) is 8.48. The number of carbonyl (C=O) groups excluding carboxylic acids is 1. The van der Waals surface area contributed by atoms with Crippen LogP contribution in [0.25, 0.3) is 0 Å². The van der Waals surface area contributed by atoms with Crippen LogP contribution in [0.1, 0.15) is 29.8 Å². The van der Waals surface area contributed by atoms with E-state index in [0.29, 0.717) is 16.5 Å². The summed E-state index contributed by atoms with van der Waals surface area (Å²) in [6.45, 7) is 3.71. The largest absolute Gasteiger partial charge is 0.459 e. The van der Waals surface area contributed by atoms with Crippen molar-refractivity contribution in [2.24, 2.45) is 0 Å². The van der Waals surface area contributed by atoms with Crippen LogP contribution in [-0.4, -0.2) is 30.7 Å². The maximum Gasteiger partial charge on any atom is 0.338 e. The van der Waals surface area contributed by atoms with E-state index in [-0.39, 0.29) is 12.1 Å². The van der Waals surface area contributed by atoms with Crippen molar-refractivity contribution in [1.29, 1.82) is 0 Å². The Morgan fingerprint density at radius 2 is 0.639 bits per heavy atom. The molecule has 0 aromatic heterocycles. The maximum absolute atomic E-state index is 15.4. The minimum atomic E-state index is -7.22. The molecule has 24 heteroatoms. The van der Waals surface area contributed by atoms with Crippen molar-refractivity contribution in [3.8, 4) is 0 Å². The first-order valence-electron chi connectivity index (χ1n) is 16.3. The highest BCUT2D eigenvalue weighted by Crippen LogP contribution is 2.30. The molecule has 0 aliphatic rings. The van der Waals surface area contributed by atoms with Gasteiger partial charge < -0.3 is 4.74 Å². The van der Waals surface area contributed by atoms with Gasteiger partial charge in [0.25, 0.3) is 0 Å². The van der Waals surface area contributed by atoms with Gasteiger partial charge in [-0.1, -0.05) is 12.1 Å². The Balaban J connectivity index is 0.000000430. The van der Waals surface area contributed by atoms with E-state index in [1.54, 1.807) is 0 Å². The molecule has 0 amide bonds. The van der Waals surface area contributed by atoms with Gasteiger partial charge in [-0.15, -0.1) is 21.9 Å². The normalized spacial score (nSPS) is 11.7. The highest BCUT2D eigenvalue weighted by Gasteiger charge is 2.52. The summed E-state index contributed by atoms with van der Waals surface area (Å²) in [5.41, 5.74) is -12.4. The second kappa shape index (κ2) is 17.9. The van der Waals surface area contributed by atoms with Crippen molar-refractivity contribution in [3.05, 3.63) is 152 Å². The zero-order valence-electron chi connectivity index (χ0n) is 30.5. The topological polar surface area (TPSA) is 26.3 Å². The lowest BCUT2D eigenvalue weighted by atomic mass is 9.12. The molecule has 0 fully saturated rings. The fourth-order valence-corrected chi connectivity index (χ4v) is 7.09. The molecule has 5 aromatic rings. The van der Waals surface area contributed by atoms with Crippen LogP contribution < -0.4 is 21.9 Å². The SMILES string of the molecule is CC(C)OC(=O)c1ccc(C[S+](C)C)cc1.Fc1c(F)c(F)c([B-](c2c(F)c(F)c(F)c(F)c2F)(c2c(F)c(F)c(F)c(F)c2F)c2c(F)c(F)c(F)c(F)c2F)c(F)c1F. The summed E-state index contributed by atoms with van der Waals surface area (Å²) in [6.07, 6.45) is -2.86. The minimum Gasteiger partial charge on any atom is -0.459 e. The van der Waals surface area contributed by atoms with E-state index in [9.17, 15) is 57.5 Å². The van der Waals surface area contributed by atoms with Gasteiger partial charge >= 0.3 is 5.97 Å². The van der Waals surface area contributed by atoms with Gasteiger partial charge in [-0.25, -0.2) is 92.6 Å². The lowest BCUT2D eigenvalue weighted by molar-refractivity contribution is 0.0377. The average Bonchev–Trinajstić information content (AvgIpc) is 3.20. The van der Waals surface area contributed by atoms with Crippen molar-refractivity contribution in [1.82, 2.24) is 0 Å². The maximum atomic E-state index is 15.4. The third-order valence-electron chi connectivity index (χ3n) is 8.69. The van der Waals surface area contributed by atoms with Crippen LogP contribution in [-0.2, 0) is 21.4 Å². The number of hydrogen-bond donors (Lipinski definition) is 0. The molecule has 0 aliphatic carbocycles. The van der Waals surface area contributed by atoms with E-state index < -0.39 is 144 Å². The summed E-state index contributed by atoms with van der Waals surface area (Å²) in [7, 11) is 0.391. The predicted molar refractivity (Wildman–Crippen MR) is 179 cm³/mol. The molecule has 0 radical (unpaired) electrons.